The topological polar surface area (TPSA) is 49.3 Å². The third-order valence-corrected chi connectivity index (χ3v) is 3.38. The van der Waals surface area contributed by atoms with Crippen molar-refractivity contribution in [3.63, 3.8) is 0 Å². The lowest BCUT2D eigenvalue weighted by atomic mass is 10.0. The van der Waals surface area contributed by atoms with Crippen LogP contribution in [0.3, 0.4) is 0 Å². The zero-order valence-electron chi connectivity index (χ0n) is 11.5. The Morgan fingerprint density at radius 1 is 1.10 bits per heavy atom. The van der Waals surface area contributed by atoms with E-state index in [2.05, 4.69) is 24.4 Å². The smallest absolute Gasteiger partial charge is 0.325 e. The fraction of sp³-hybridized carbons (Fsp3) is 0.235. The molecule has 0 bridgehead atoms. The first-order valence-electron chi connectivity index (χ1n) is 6.74. The molecule has 20 heavy (non-hydrogen) atoms. The van der Waals surface area contributed by atoms with Gasteiger partial charge in [0.15, 0.2) is 0 Å². The molecule has 0 saturated carbocycles. The Kier molecular flexibility index (Phi) is 4.91. The van der Waals surface area contributed by atoms with Gasteiger partial charge in [-0.15, -0.1) is 0 Å². The number of aryl methyl sites for hydroxylation is 1. The summed E-state index contributed by atoms with van der Waals surface area (Å²) in [7, 11) is 0. The normalized spacial score (nSPS) is 12.1. The van der Waals surface area contributed by atoms with Crippen LogP contribution in [0.25, 0.3) is 0 Å². The summed E-state index contributed by atoms with van der Waals surface area (Å²) in [5.41, 5.74) is 3.27. The van der Waals surface area contributed by atoms with Crippen LogP contribution in [-0.2, 0) is 11.2 Å². The van der Waals surface area contributed by atoms with Crippen molar-refractivity contribution in [2.45, 2.75) is 19.4 Å². The molecule has 1 atom stereocenters. The van der Waals surface area contributed by atoms with Crippen molar-refractivity contribution in [1.29, 1.82) is 0 Å². The largest absolute Gasteiger partial charge is 0.480 e. The minimum Gasteiger partial charge on any atom is -0.480 e. The summed E-state index contributed by atoms with van der Waals surface area (Å²) in [4.78, 5) is 11.3. The number of rotatable bonds is 6. The van der Waals surface area contributed by atoms with Crippen LogP contribution in [0.2, 0.25) is 0 Å². The molecule has 0 aliphatic heterocycles. The number of benzene rings is 2. The maximum Gasteiger partial charge on any atom is 0.325 e. The molecule has 2 aromatic carbocycles. The second-order valence-electron chi connectivity index (χ2n) is 4.81. The van der Waals surface area contributed by atoms with E-state index in [9.17, 15) is 9.90 Å². The lowest BCUT2D eigenvalue weighted by Gasteiger charge is -2.15. The maximum absolute atomic E-state index is 11.3. The van der Waals surface area contributed by atoms with Crippen LogP contribution in [0.4, 0.5) is 0 Å². The van der Waals surface area contributed by atoms with Gasteiger partial charge in [-0.2, -0.15) is 0 Å². The van der Waals surface area contributed by atoms with E-state index in [4.69, 9.17) is 0 Å². The van der Waals surface area contributed by atoms with E-state index in [0.717, 1.165) is 12.0 Å². The molecular formula is C17H19NO2. The molecule has 2 aromatic rings. The summed E-state index contributed by atoms with van der Waals surface area (Å²) >= 11 is 0. The zero-order valence-corrected chi connectivity index (χ0v) is 11.5. The fourth-order valence-electron chi connectivity index (χ4n) is 2.23. The minimum atomic E-state index is -0.846. The van der Waals surface area contributed by atoms with E-state index in [1.807, 2.05) is 42.5 Å². The Hall–Kier alpha value is -2.13. The predicted octanol–water partition coefficient (Wildman–Crippen LogP) is 2.95. The summed E-state index contributed by atoms with van der Waals surface area (Å²) in [5, 5.41) is 12.4. The monoisotopic (exact) mass is 269 g/mol. The van der Waals surface area contributed by atoms with E-state index < -0.39 is 12.0 Å². The molecule has 0 fully saturated rings. The van der Waals surface area contributed by atoms with Gasteiger partial charge in [0.05, 0.1) is 0 Å². The van der Waals surface area contributed by atoms with Gasteiger partial charge >= 0.3 is 5.97 Å². The Labute approximate surface area is 119 Å². The number of carbonyl (C=O) groups is 1. The first-order valence-corrected chi connectivity index (χ1v) is 6.74. The van der Waals surface area contributed by atoms with Crippen molar-refractivity contribution in [3.8, 4) is 0 Å². The summed E-state index contributed by atoms with van der Waals surface area (Å²) in [6.07, 6.45) is 0.823. The molecule has 0 heterocycles. The number of hydrogen-bond donors (Lipinski definition) is 2. The summed E-state index contributed by atoms with van der Waals surface area (Å²) in [6.45, 7) is 2.71. The van der Waals surface area contributed by atoms with Gasteiger partial charge < -0.3 is 10.4 Å². The quantitative estimate of drug-likeness (QED) is 0.847. The SMILES string of the molecule is Cc1ccccc1CCNC(C(=O)O)c1ccccc1. The Bertz CT molecular complexity index is 566. The number of aliphatic carboxylic acids is 1. The highest BCUT2D eigenvalue weighted by Gasteiger charge is 2.18. The molecule has 1 unspecified atom stereocenters. The molecule has 3 heteroatoms. The fourth-order valence-corrected chi connectivity index (χ4v) is 2.23. The third kappa shape index (κ3) is 3.68. The summed E-state index contributed by atoms with van der Waals surface area (Å²) in [6, 6.07) is 16.8. The van der Waals surface area contributed by atoms with Crippen molar-refractivity contribution >= 4 is 5.97 Å². The average Bonchev–Trinajstić information content (AvgIpc) is 2.46. The molecule has 0 aliphatic carbocycles. The Morgan fingerprint density at radius 2 is 1.75 bits per heavy atom. The lowest BCUT2D eigenvalue weighted by Crippen LogP contribution is -2.30. The standard InChI is InChI=1S/C17H19NO2/c1-13-7-5-6-8-14(13)11-12-18-16(17(19)20)15-9-3-2-4-10-15/h2-10,16,18H,11-12H2,1H3,(H,19,20). The maximum atomic E-state index is 11.3. The second kappa shape index (κ2) is 6.87. The average molecular weight is 269 g/mol. The molecule has 0 aliphatic rings. The van der Waals surface area contributed by atoms with E-state index in [-0.39, 0.29) is 0 Å². The van der Waals surface area contributed by atoms with Crippen LogP contribution in [0.5, 0.6) is 0 Å². The van der Waals surface area contributed by atoms with Gasteiger partial charge in [0, 0.05) is 6.54 Å². The highest BCUT2D eigenvalue weighted by atomic mass is 16.4. The third-order valence-electron chi connectivity index (χ3n) is 3.38. The highest BCUT2D eigenvalue weighted by molar-refractivity contribution is 5.75. The van der Waals surface area contributed by atoms with Gasteiger partial charge in [-0.3, -0.25) is 4.79 Å². The molecular weight excluding hydrogens is 250 g/mol. The van der Waals surface area contributed by atoms with Crippen LogP contribution < -0.4 is 5.32 Å². The first kappa shape index (κ1) is 14.3. The highest BCUT2D eigenvalue weighted by Crippen LogP contribution is 2.13. The van der Waals surface area contributed by atoms with Crippen LogP contribution in [0.1, 0.15) is 22.7 Å². The molecule has 3 nitrogen and oxygen atoms in total. The molecule has 0 saturated heterocycles. The minimum absolute atomic E-state index is 0.636. The first-order chi connectivity index (χ1) is 9.68. The van der Waals surface area contributed by atoms with E-state index in [0.29, 0.717) is 6.54 Å². The van der Waals surface area contributed by atoms with E-state index >= 15 is 0 Å². The molecule has 0 amide bonds. The van der Waals surface area contributed by atoms with Crippen LogP contribution >= 0.6 is 0 Å². The van der Waals surface area contributed by atoms with Gasteiger partial charge in [-0.05, 0) is 30.0 Å². The zero-order chi connectivity index (χ0) is 14.4. The number of carboxylic acid groups (broad SMARTS) is 1. The second-order valence-corrected chi connectivity index (χ2v) is 4.81. The van der Waals surface area contributed by atoms with Gasteiger partial charge in [-0.25, -0.2) is 0 Å². The van der Waals surface area contributed by atoms with Gasteiger partial charge in [0.1, 0.15) is 6.04 Å². The van der Waals surface area contributed by atoms with Crippen LogP contribution in [0.15, 0.2) is 54.6 Å². The van der Waals surface area contributed by atoms with Crippen molar-refractivity contribution in [1.82, 2.24) is 5.32 Å². The molecule has 0 spiro atoms. The molecule has 2 N–H and O–H groups in total. The Morgan fingerprint density at radius 3 is 2.40 bits per heavy atom. The summed E-state index contributed by atoms with van der Waals surface area (Å²) < 4.78 is 0. The van der Waals surface area contributed by atoms with Gasteiger partial charge in [-0.1, -0.05) is 54.6 Å². The van der Waals surface area contributed by atoms with Crippen LogP contribution in [-0.4, -0.2) is 17.6 Å². The number of nitrogens with one attached hydrogen (secondary N) is 1. The lowest BCUT2D eigenvalue weighted by molar-refractivity contribution is -0.139. The predicted molar refractivity (Wildman–Crippen MR) is 79.7 cm³/mol. The van der Waals surface area contributed by atoms with E-state index in [1.54, 1.807) is 0 Å². The van der Waals surface area contributed by atoms with Crippen molar-refractivity contribution in [2.75, 3.05) is 6.54 Å². The number of hydrogen-bond acceptors (Lipinski definition) is 2. The molecule has 0 aromatic heterocycles. The van der Waals surface area contributed by atoms with Crippen LogP contribution in [0, 0.1) is 6.92 Å². The van der Waals surface area contributed by atoms with Gasteiger partial charge in [0.25, 0.3) is 0 Å². The Balaban J connectivity index is 1.97. The van der Waals surface area contributed by atoms with Crippen molar-refractivity contribution in [3.05, 3.63) is 71.3 Å². The molecule has 2 rings (SSSR count). The van der Waals surface area contributed by atoms with Crippen molar-refractivity contribution in [2.24, 2.45) is 0 Å². The molecule has 0 radical (unpaired) electrons. The van der Waals surface area contributed by atoms with Crippen molar-refractivity contribution < 1.29 is 9.90 Å². The number of carboxylic acids is 1. The summed E-state index contributed by atoms with van der Waals surface area (Å²) in [5.74, 6) is -0.846. The van der Waals surface area contributed by atoms with Gasteiger partial charge in [0.2, 0.25) is 0 Å². The van der Waals surface area contributed by atoms with E-state index in [1.165, 1.54) is 11.1 Å². The molecule has 104 valence electrons.